The van der Waals surface area contributed by atoms with Crippen LogP contribution in [0.5, 0.6) is 0 Å². The van der Waals surface area contributed by atoms with Crippen molar-refractivity contribution in [1.82, 2.24) is 0 Å². The zero-order valence-electron chi connectivity index (χ0n) is 12.8. The van der Waals surface area contributed by atoms with E-state index in [2.05, 4.69) is 61.0 Å². The largest absolute Gasteiger partial charge is 0.204 e. The van der Waals surface area contributed by atoms with E-state index in [1.54, 1.807) is 29.1 Å². The third kappa shape index (κ3) is 1.80. The molecule has 0 bridgehead atoms. The maximum atomic E-state index is 2.48. The molecule has 0 radical (unpaired) electrons. The van der Waals surface area contributed by atoms with Crippen LogP contribution >= 0.6 is 45.3 Å². The normalized spacial score (nSPS) is 14.9. The van der Waals surface area contributed by atoms with E-state index >= 15 is 0 Å². The molecule has 0 spiro atoms. The number of hydrogen-bond acceptors (Lipinski definition) is 4. The Hall–Kier alpha value is -0.983. The molecule has 4 aromatic heterocycles. The molecule has 0 saturated heterocycles. The van der Waals surface area contributed by atoms with Gasteiger partial charge in [-0.2, -0.15) is 22.7 Å². The molecule has 0 aromatic carbocycles. The van der Waals surface area contributed by atoms with Gasteiger partial charge in [0.25, 0.3) is 0 Å². The number of rotatable bonds is 2. The first kappa shape index (κ1) is 14.4. The lowest BCUT2D eigenvalue weighted by Gasteiger charge is -2.26. The Morgan fingerprint density at radius 2 is 1.22 bits per heavy atom. The minimum absolute atomic E-state index is 1.44. The van der Waals surface area contributed by atoms with Gasteiger partial charge in [-0.1, -0.05) is 24.3 Å². The van der Waals surface area contributed by atoms with Crippen molar-refractivity contribution in [3.63, 3.8) is 0 Å². The fourth-order valence-electron chi connectivity index (χ4n) is 3.70. The molecular formula is C18H14S4Si. The number of hydrogen-bond donors (Lipinski definition) is 0. The lowest BCUT2D eigenvalue weighted by Crippen LogP contribution is -2.71. The van der Waals surface area contributed by atoms with Crippen molar-refractivity contribution in [1.29, 1.82) is 0 Å². The Morgan fingerprint density at radius 1 is 0.739 bits per heavy atom. The van der Waals surface area contributed by atoms with Crippen LogP contribution in [0.15, 0.2) is 47.2 Å². The van der Waals surface area contributed by atoms with Crippen LogP contribution in [0.2, 0.25) is 0 Å². The Labute approximate surface area is 152 Å². The molecule has 0 aliphatic carbocycles. The summed E-state index contributed by atoms with van der Waals surface area (Å²) < 4.78 is 3.16. The van der Waals surface area contributed by atoms with Crippen LogP contribution in [0.3, 0.4) is 0 Å². The minimum atomic E-state index is -2.02. The van der Waals surface area contributed by atoms with E-state index in [0.717, 1.165) is 0 Å². The van der Waals surface area contributed by atoms with Crippen molar-refractivity contribution in [2.24, 2.45) is 0 Å². The molecule has 0 nitrogen and oxygen atoms in total. The number of fused-ring (bicyclic) bond motifs is 3. The van der Waals surface area contributed by atoms with Gasteiger partial charge in [0.15, 0.2) is 0 Å². The summed E-state index contributed by atoms with van der Waals surface area (Å²) >= 11 is 7.85. The summed E-state index contributed by atoms with van der Waals surface area (Å²) in [6.07, 6.45) is 0. The van der Waals surface area contributed by atoms with E-state index in [1.165, 1.54) is 9.75 Å². The van der Waals surface area contributed by atoms with E-state index < -0.39 is 8.07 Å². The molecule has 0 amide bonds. The molecule has 4 aromatic rings. The summed E-state index contributed by atoms with van der Waals surface area (Å²) in [5.74, 6) is 0. The van der Waals surface area contributed by atoms with Crippen LogP contribution in [0, 0.1) is 13.8 Å². The van der Waals surface area contributed by atoms with Gasteiger partial charge in [-0.25, -0.2) is 0 Å². The lowest BCUT2D eigenvalue weighted by molar-refractivity contribution is 1.65. The van der Waals surface area contributed by atoms with E-state index in [9.17, 15) is 0 Å². The molecule has 0 fully saturated rings. The molecule has 23 heavy (non-hydrogen) atoms. The lowest BCUT2D eigenvalue weighted by atomic mass is 10.3. The van der Waals surface area contributed by atoms with Crippen molar-refractivity contribution >= 4 is 72.8 Å². The fourth-order valence-corrected chi connectivity index (χ4v) is 16.3. The van der Waals surface area contributed by atoms with E-state index in [4.69, 9.17) is 0 Å². The van der Waals surface area contributed by atoms with E-state index in [0.29, 0.717) is 0 Å². The van der Waals surface area contributed by atoms with Crippen LogP contribution in [0.4, 0.5) is 0 Å². The number of aryl methyl sites for hydroxylation is 2. The average Bonchev–Trinajstić information content (AvgIpc) is 3.27. The molecule has 0 saturated carbocycles. The quantitative estimate of drug-likeness (QED) is 0.404. The summed E-state index contributed by atoms with van der Waals surface area (Å²) in [6, 6.07) is 14.1. The van der Waals surface area contributed by atoms with Gasteiger partial charge in [0, 0.05) is 28.5 Å². The van der Waals surface area contributed by atoms with Gasteiger partial charge in [0.2, 0.25) is 8.07 Å². The van der Waals surface area contributed by atoms with Gasteiger partial charge in [0.1, 0.15) is 0 Å². The second kappa shape index (κ2) is 5.01. The first-order valence-corrected chi connectivity index (χ1v) is 12.9. The monoisotopic (exact) mass is 386 g/mol. The first-order valence-electron chi connectivity index (χ1n) is 7.51. The molecular weight excluding hydrogens is 373 g/mol. The van der Waals surface area contributed by atoms with Crippen LogP contribution in [0.1, 0.15) is 9.75 Å². The van der Waals surface area contributed by atoms with Crippen molar-refractivity contribution in [3.8, 4) is 9.75 Å². The Balaban J connectivity index is 1.98. The van der Waals surface area contributed by atoms with Crippen molar-refractivity contribution in [2.45, 2.75) is 13.8 Å². The van der Waals surface area contributed by atoms with Gasteiger partial charge in [0.05, 0.1) is 0 Å². The number of thiophene rings is 4. The highest BCUT2D eigenvalue weighted by molar-refractivity contribution is 7.46. The highest BCUT2D eigenvalue weighted by Crippen LogP contribution is 2.39. The summed E-state index contributed by atoms with van der Waals surface area (Å²) in [6.45, 7) is 4.51. The molecule has 114 valence electrons. The maximum absolute atomic E-state index is 2.48. The predicted molar refractivity (Wildman–Crippen MR) is 110 cm³/mol. The predicted octanol–water partition coefficient (Wildman–Crippen LogP) is 3.91. The van der Waals surface area contributed by atoms with Crippen LogP contribution in [-0.2, 0) is 0 Å². The topological polar surface area (TPSA) is 0 Å². The SMILES string of the molecule is Cc1cc2c(s1)-c1sc(C)cc1[Si]2(c1cccs1)c1cccs1. The van der Waals surface area contributed by atoms with E-state index in [1.807, 2.05) is 45.3 Å². The third-order valence-electron chi connectivity index (χ3n) is 4.51. The minimum Gasteiger partial charge on any atom is -0.152 e. The molecule has 1 aliphatic rings. The molecule has 0 atom stereocenters. The highest BCUT2D eigenvalue weighted by atomic mass is 32.1. The Bertz CT molecular complexity index is 904. The molecule has 5 rings (SSSR count). The third-order valence-corrected chi connectivity index (χ3v) is 15.3. The van der Waals surface area contributed by atoms with Crippen LogP contribution in [-0.4, -0.2) is 8.07 Å². The zero-order chi connectivity index (χ0) is 15.6. The van der Waals surface area contributed by atoms with Crippen molar-refractivity contribution < 1.29 is 0 Å². The Kier molecular flexibility index (Phi) is 3.13. The van der Waals surface area contributed by atoms with Crippen molar-refractivity contribution in [3.05, 3.63) is 56.9 Å². The summed E-state index contributed by atoms with van der Waals surface area (Å²) in [7, 11) is -2.02. The molecule has 5 heterocycles. The first-order chi connectivity index (χ1) is 11.2. The van der Waals surface area contributed by atoms with Gasteiger partial charge in [-0.15, -0.1) is 22.7 Å². The summed E-state index contributed by atoms with van der Waals surface area (Å²) in [5.41, 5.74) is 0. The second-order valence-electron chi connectivity index (χ2n) is 5.90. The second-order valence-corrected chi connectivity index (χ2v) is 14.7. The van der Waals surface area contributed by atoms with Gasteiger partial charge >= 0.3 is 0 Å². The molecule has 5 heteroatoms. The average molecular weight is 387 g/mol. The van der Waals surface area contributed by atoms with E-state index in [-0.39, 0.29) is 0 Å². The standard InChI is InChI=1S/C18H14S4Si/c1-11-9-13-17(21-11)18-14(10-12(2)22-18)23(13,15-5-3-7-19-15)16-6-4-8-20-16/h3-10H,1-2H3. The van der Waals surface area contributed by atoms with Gasteiger partial charge in [-0.3, -0.25) is 0 Å². The Morgan fingerprint density at radius 3 is 1.61 bits per heavy atom. The van der Waals surface area contributed by atoms with Gasteiger partial charge in [-0.05, 0) is 47.1 Å². The summed E-state index contributed by atoms with van der Waals surface area (Å²) in [5, 5.41) is 7.75. The molecule has 0 unspecified atom stereocenters. The fraction of sp³-hybridized carbons (Fsp3) is 0.111. The maximum Gasteiger partial charge on any atom is 0.204 e. The van der Waals surface area contributed by atoms with Crippen LogP contribution < -0.4 is 19.4 Å². The molecule has 0 N–H and O–H groups in total. The zero-order valence-corrected chi connectivity index (χ0v) is 17.0. The van der Waals surface area contributed by atoms with Gasteiger partial charge < -0.3 is 0 Å². The van der Waals surface area contributed by atoms with Crippen molar-refractivity contribution in [2.75, 3.05) is 0 Å². The van der Waals surface area contributed by atoms with Crippen LogP contribution in [0.25, 0.3) is 9.75 Å². The summed E-state index contributed by atoms with van der Waals surface area (Å²) in [4.78, 5) is 5.97. The highest BCUT2D eigenvalue weighted by Gasteiger charge is 2.52. The smallest absolute Gasteiger partial charge is 0.152 e. The molecule has 1 aliphatic heterocycles.